The Morgan fingerprint density at radius 1 is 0.932 bits per heavy atom. The Morgan fingerprint density at radius 2 is 1.59 bits per heavy atom. The molecule has 44 heavy (non-hydrogen) atoms. The van der Waals surface area contributed by atoms with Gasteiger partial charge in [-0.05, 0) is 66.7 Å². The van der Waals surface area contributed by atoms with E-state index < -0.39 is 23.2 Å². The van der Waals surface area contributed by atoms with E-state index in [1.54, 1.807) is 37.8 Å². The van der Waals surface area contributed by atoms with Gasteiger partial charge < -0.3 is 29.9 Å². The van der Waals surface area contributed by atoms with Crippen molar-refractivity contribution in [2.75, 3.05) is 42.9 Å². The number of carbonyl (C=O) groups is 4. The van der Waals surface area contributed by atoms with Crippen LogP contribution in [0.25, 0.3) is 15.5 Å². The summed E-state index contributed by atoms with van der Waals surface area (Å²) < 4.78 is 11.8. The molecule has 0 atom stereocenters. The number of hydrogen-bond acceptors (Lipinski definition) is 11. The lowest BCUT2D eigenvalue weighted by Crippen LogP contribution is -2.50. The Balaban J connectivity index is 1.51. The van der Waals surface area contributed by atoms with Gasteiger partial charge in [-0.15, -0.1) is 0 Å². The van der Waals surface area contributed by atoms with E-state index in [0.29, 0.717) is 58.8 Å². The highest BCUT2D eigenvalue weighted by molar-refractivity contribution is 7.19. The van der Waals surface area contributed by atoms with Crippen LogP contribution in [0.4, 0.5) is 21.1 Å². The number of anilines is 2. The molecule has 15 heteroatoms. The molecule has 14 nitrogen and oxygen atoms in total. The van der Waals surface area contributed by atoms with Gasteiger partial charge in [-0.1, -0.05) is 11.3 Å². The van der Waals surface area contributed by atoms with Crippen LogP contribution in [0.1, 0.15) is 58.8 Å². The number of amides is 3. The molecule has 1 aliphatic rings. The molecule has 1 fully saturated rings. The SMILES string of the molecule is CC(=O)c1cc(NC(=O)CNC(=O)OC(C)(C)C)cc(-c2nn3c(=O)cc(N4CCN(C(=O)OC(C)(C)C)CC4)nc3s2)c1. The maximum Gasteiger partial charge on any atom is 0.410 e. The van der Waals surface area contributed by atoms with Gasteiger partial charge in [0.2, 0.25) is 10.9 Å². The van der Waals surface area contributed by atoms with E-state index in [1.807, 2.05) is 25.7 Å². The molecule has 0 unspecified atom stereocenters. The first-order valence-corrected chi connectivity index (χ1v) is 14.9. The molecular weight excluding hydrogens is 590 g/mol. The van der Waals surface area contributed by atoms with Crippen molar-refractivity contribution in [3.8, 4) is 10.6 Å². The zero-order valence-corrected chi connectivity index (χ0v) is 26.7. The van der Waals surface area contributed by atoms with E-state index in [0.717, 1.165) is 11.3 Å². The molecule has 236 valence electrons. The zero-order chi connectivity index (χ0) is 32.4. The lowest BCUT2D eigenvalue weighted by atomic mass is 10.1. The zero-order valence-electron chi connectivity index (χ0n) is 25.8. The molecule has 0 bridgehead atoms. The largest absolute Gasteiger partial charge is 0.444 e. The average Bonchev–Trinajstić information content (AvgIpc) is 3.35. The highest BCUT2D eigenvalue weighted by Crippen LogP contribution is 2.29. The summed E-state index contributed by atoms with van der Waals surface area (Å²) in [6.45, 7) is 13.4. The maximum absolute atomic E-state index is 13.0. The first-order valence-electron chi connectivity index (χ1n) is 14.0. The summed E-state index contributed by atoms with van der Waals surface area (Å²) in [5, 5.41) is 9.90. The van der Waals surface area contributed by atoms with Crippen LogP contribution < -0.4 is 21.1 Å². The Morgan fingerprint density at radius 3 is 2.20 bits per heavy atom. The molecule has 3 amide bonds. The van der Waals surface area contributed by atoms with Crippen molar-refractivity contribution in [1.82, 2.24) is 24.8 Å². The van der Waals surface area contributed by atoms with E-state index >= 15 is 0 Å². The molecule has 4 rings (SSSR count). The average molecular weight is 628 g/mol. The van der Waals surface area contributed by atoms with Crippen molar-refractivity contribution in [2.24, 2.45) is 0 Å². The normalized spacial score (nSPS) is 13.9. The number of fused-ring (bicyclic) bond motifs is 1. The van der Waals surface area contributed by atoms with Crippen LogP contribution in [-0.2, 0) is 14.3 Å². The standard InChI is InChI=1S/C29H37N7O7S/c1-17(37)18-12-19(14-20(13-18)31-22(38)16-30-26(40)42-28(2,3)4)24-33-36-23(39)15-21(32-25(36)44-24)34-8-10-35(11-9-34)27(41)43-29(5,6)7/h12-15H,8-11,16H2,1-7H3,(H,30,40)(H,31,38). The van der Waals surface area contributed by atoms with Gasteiger partial charge in [0.15, 0.2) is 5.78 Å². The van der Waals surface area contributed by atoms with Crippen LogP contribution in [0.3, 0.4) is 0 Å². The fourth-order valence-corrected chi connectivity index (χ4v) is 5.11. The molecule has 1 aromatic carbocycles. The smallest absolute Gasteiger partial charge is 0.410 e. The molecule has 0 aliphatic carbocycles. The predicted molar refractivity (Wildman–Crippen MR) is 165 cm³/mol. The Bertz CT molecular complexity index is 1640. The monoisotopic (exact) mass is 627 g/mol. The van der Waals surface area contributed by atoms with Gasteiger partial charge in [0, 0.05) is 49.1 Å². The molecular formula is C29H37N7O7S. The second-order valence-electron chi connectivity index (χ2n) is 12.3. The summed E-state index contributed by atoms with van der Waals surface area (Å²) in [6, 6.07) is 6.16. The number of ketones is 1. The fourth-order valence-electron chi connectivity index (χ4n) is 4.22. The quantitative estimate of drug-likeness (QED) is 0.386. The van der Waals surface area contributed by atoms with Gasteiger partial charge in [0.05, 0.1) is 0 Å². The number of nitrogens with one attached hydrogen (secondary N) is 2. The van der Waals surface area contributed by atoms with Crippen LogP contribution in [0, 0.1) is 0 Å². The summed E-state index contributed by atoms with van der Waals surface area (Å²) in [5.41, 5.74) is -0.555. The number of Topliss-reactive ketones (excluding diaryl/α,β-unsaturated/α-hetero) is 1. The molecule has 1 aliphatic heterocycles. The lowest BCUT2D eigenvalue weighted by molar-refractivity contribution is -0.115. The minimum atomic E-state index is -0.734. The van der Waals surface area contributed by atoms with Crippen molar-refractivity contribution in [1.29, 1.82) is 0 Å². The highest BCUT2D eigenvalue weighted by Gasteiger charge is 2.27. The Hall–Kier alpha value is -4.53. The van der Waals surface area contributed by atoms with E-state index in [1.165, 1.54) is 23.6 Å². The number of hydrogen-bond donors (Lipinski definition) is 2. The first kappa shape index (κ1) is 32.4. The molecule has 3 aromatic rings. The van der Waals surface area contributed by atoms with Crippen LogP contribution >= 0.6 is 11.3 Å². The summed E-state index contributed by atoms with van der Waals surface area (Å²) in [7, 11) is 0. The molecule has 3 heterocycles. The maximum atomic E-state index is 13.0. The second-order valence-corrected chi connectivity index (χ2v) is 13.2. The first-order chi connectivity index (χ1) is 20.5. The molecule has 2 aromatic heterocycles. The van der Waals surface area contributed by atoms with E-state index in [-0.39, 0.29) is 24.0 Å². The van der Waals surface area contributed by atoms with E-state index in [9.17, 15) is 24.0 Å². The number of benzene rings is 1. The van der Waals surface area contributed by atoms with Crippen LogP contribution in [0.2, 0.25) is 0 Å². The molecule has 1 saturated heterocycles. The van der Waals surface area contributed by atoms with E-state index in [2.05, 4.69) is 20.7 Å². The van der Waals surface area contributed by atoms with Gasteiger partial charge in [-0.3, -0.25) is 14.4 Å². The fraction of sp³-hybridized carbons (Fsp3) is 0.483. The third kappa shape index (κ3) is 8.52. The van der Waals surface area contributed by atoms with Crippen molar-refractivity contribution in [3.63, 3.8) is 0 Å². The van der Waals surface area contributed by atoms with Crippen LogP contribution in [0.15, 0.2) is 29.1 Å². The van der Waals surface area contributed by atoms with Gasteiger partial charge in [0.1, 0.15) is 28.6 Å². The predicted octanol–water partition coefficient (Wildman–Crippen LogP) is 3.54. The second kappa shape index (κ2) is 12.6. The van der Waals surface area contributed by atoms with Crippen molar-refractivity contribution < 1.29 is 28.7 Å². The van der Waals surface area contributed by atoms with E-state index in [4.69, 9.17) is 9.47 Å². The Kier molecular flexibility index (Phi) is 9.27. The minimum absolute atomic E-state index is 0.238. The number of ether oxygens (including phenoxy) is 2. The Labute approximate surface area is 258 Å². The number of aromatic nitrogens is 3. The van der Waals surface area contributed by atoms with Crippen molar-refractivity contribution in [3.05, 3.63) is 40.2 Å². The summed E-state index contributed by atoms with van der Waals surface area (Å²) in [4.78, 5) is 70.7. The number of piperazine rings is 1. The molecule has 0 radical (unpaired) electrons. The van der Waals surface area contributed by atoms with Gasteiger partial charge in [-0.25, -0.2) is 14.6 Å². The third-order valence-electron chi connectivity index (χ3n) is 6.15. The summed E-state index contributed by atoms with van der Waals surface area (Å²) >= 11 is 1.15. The van der Waals surface area contributed by atoms with Gasteiger partial charge >= 0.3 is 12.2 Å². The van der Waals surface area contributed by atoms with Crippen LogP contribution in [0.5, 0.6) is 0 Å². The number of alkyl carbamates (subject to hydrolysis) is 1. The van der Waals surface area contributed by atoms with Crippen molar-refractivity contribution >= 4 is 51.7 Å². The van der Waals surface area contributed by atoms with Crippen molar-refractivity contribution in [2.45, 2.75) is 59.7 Å². The summed E-state index contributed by atoms with van der Waals surface area (Å²) in [6.07, 6.45) is -1.11. The van der Waals surface area contributed by atoms with Gasteiger partial charge in [0.25, 0.3) is 5.56 Å². The number of carbonyl (C=O) groups excluding carboxylic acids is 4. The minimum Gasteiger partial charge on any atom is -0.444 e. The summed E-state index contributed by atoms with van der Waals surface area (Å²) in [5.74, 6) is -0.295. The third-order valence-corrected chi connectivity index (χ3v) is 7.11. The van der Waals surface area contributed by atoms with Gasteiger partial charge in [-0.2, -0.15) is 9.61 Å². The topological polar surface area (TPSA) is 165 Å². The highest BCUT2D eigenvalue weighted by atomic mass is 32.1. The number of nitrogens with zero attached hydrogens (tertiary/aromatic N) is 5. The number of rotatable bonds is 6. The molecule has 0 saturated carbocycles. The molecule has 0 spiro atoms. The molecule has 2 N–H and O–H groups in total. The lowest BCUT2D eigenvalue weighted by Gasteiger charge is -2.36. The van der Waals surface area contributed by atoms with Crippen LogP contribution in [-0.4, -0.2) is 87.3 Å².